The number of piperidine rings is 1. The number of carbonyl (C=O) groups is 1. The number of nitrogens with one attached hydrogen (secondary N) is 2. The second-order valence-corrected chi connectivity index (χ2v) is 7.78. The van der Waals surface area contributed by atoms with Gasteiger partial charge in [-0.3, -0.25) is 9.69 Å². The third-order valence-electron chi connectivity index (χ3n) is 5.46. The highest BCUT2D eigenvalue weighted by Gasteiger charge is 2.25. The van der Waals surface area contributed by atoms with E-state index in [2.05, 4.69) is 30.5 Å². The molecule has 0 bridgehead atoms. The number of rotatable bonds is 6. The van der Waals surface area contributed by atoms with Gasteiger partial charge >= 0.3 is 0 Å². The normalized spacial score (nSPS) is 14.9. The van der Waals surface area contributed by atoms with Gasteiger partial charge in [0.05, 0.1) is 6.54 Å². The lowest BCUT2D eigenvalue weighted by Crippen LogP contribution is -2.38. The number of carbonyl (C=O) groups excluding carboxylic acids is 1. The molecule has 0 aliphatic carbocycles. The van der Waals surface area contributed by atoms with E-state index in [4.69, 9.17) is 5.73 Å². The molecular weight excluding hydrogens is 390 g/mol. The Labute approximate surface area is 181 Å². The fraction of sp³-hybridized carbons (Fsp3) is 0.304. The fourth-order valence-electron chi connectivity index (χ4n) is 3.72. The zero-order chi connectivity index (χ0) is 21.6. The quantitative estimate of drug-likeness (QED) is 0.564. The first-order valence-corrected chi connectivity index (χ1v) is 10.5. The molecule has 2 aromatic carbocycles. The highest BCUT2D eigenvalue weighted by Crippen LogP contribution is 2.22. The molecule has 0 atom stereocenters. The second-order valence-electron chi connectivity index (χ2n) is 7.78. The smallest absolute Gasteiger partial charge is 0.232 e. The maximum absolute atomic E-state index is 12.5. The Balaban J connectivity index is 1.33. The van der Waals surface area contributed by atoms with Crippen molar-refractivity contribution in [2.24, 2.45) is 5.92 Å². The van der Waals surface area contributed by atoms with Crippen LogP contribution in [0.1, 0.15) is 24.2 Å². The minimum Gasteiger partial charge on any atom is -0.368 e. The van der Waals surface area contributed by atoms with Gasteiger partial charge in [0.25, 0.3) is 0 Å². The van der Waals surface area contributed by atoms with Crippen LogP contribution in [0, 0.1) is 12.8 Å². The SMILES string of the molecule is Cc1ccccc1Nc1nc(N)nc(CN2CCC(C(=O)Nc3ccccc3)CC2)n1. The zero-order valence-corrected chi connectivity index (χ0v) is 17.6. The molecular formula is C23H27N7O. The zero-order valence-electron chi connectivity index (χ0n) is 17.6. The molecule has 8 heteroatoms. The summed E-state index contributed by atoms with van der Waals surface area (Å²) in [7, 11) is 0. The van der Waals surface area contributed by atoms with E-state index in [9.17, 15) is 4.79 Å². The van der Waals surface area contributed by atoms with E-state index in [-0.39, 0.29) is 17.8 Å². The van der Waals surface area contributed by atoms with Crippen LogP contribution in [0.25, 0.3) is 0 Å². The number of nitrogen functional groups attached to an aromatic ring is 1. The first-order valence-electron chi connectivity index (χ1n) is 10.5. The Bertz CT molecular complexity index is 1030. The van der Waals surface area contributed by atoms with Crippen LogP contribution in [0.5, 0.6) is 0 Å². The van der Waals surface area contributed by atoms with E-state index >= 15 is 0 Å². The minimum atomic E-state index is 0.0122. The maximum Gasteiger partial charge on any atom is 0.232 e. The van der Waals surface area contributed by atoms with E-state index in [1.54, 1.807) is 0 Å². The number of anilines is 4. The van der Waals surface area contributed by atoms with E-state index in [1.165, 1.54) is 0 Å². The molecule has 31 heavy (non-hydrogen) atoms. The van der Waals surface area contributed by atoms with Gasteiger partial charge in [0.1, 0.15) is 5.82 Å². The molecule has 1 amide bonds. The Hall–Kier alpha value is -3.52. The number of nitrogens with two attached hydrogens (primary N) is 1. The molecule has 1 aromatic heterocycles. The first kappa shape index (κ1) is 20.7. The highest BCUT2D eigenvalue weighted by atomic mass is 16.1. The monoisotopic (exact) mass is 417 g/mol. The number of nitrogens with zero attached hydrogens (tertiary/aromatic N) is 4. The first-order chi connectivity index (χ1) is 15.1. The van der Waals surface area contributed by atoms with Crippen molar-refractivity contribution in [1.82, 2.24) is 19.9 Å². The summed E-state index contributed by atoms with van der Waals surface area (Å²) in [4.78, 5) is 27.8. The maximum atomic E-state index is 12.5. The van der Waals surface area contributed by atoms with E-state index in [0.29, 0.717) is 18.3 Å². The van der Waals surface area contributed by atoms with Crippen molar-refractivity contribution in [2.45, 2.75) is 26.3 Å². The lowest BCUT2D eigenvalue weighted by Gasteiger charge is -2.30. The van der Waals surface area contributed by atoms with Crippen molar-refractivity contribution >= 4 is 29.2 Å². The largest absolute Gasteiger partial charge is 0.368 e. The van der Waals surface area contributed by atoms with Crippen LogP contribution in [0.4, 0.5) is 23.3 Å². The Morgan fingerprint density at radius 1 is 1.03 bits per heavy atom. The third kappa shape index (κ3) is 5.55. The van der Waals surface area contributed by atoms with Crippen LogP contribution < -0.4 is 16.4 Å². The molecule has 0 saturated carbocycles. The van der Waals surface area contributed by atoms with Gasteiger partial charge in [0.15, 0.2) is 0 Å². The lowest BCUT2D eigenvalue weighted by molar-refractivity contribution is -0.121. The summed E-state index contributed by atoms with van der Waals surface area (Å²) in [6, 6.07) is 17.5. The van der Waals surface area contributed by atoms with Crippen molar-refractivity contribution in [2.75, 3.05) is 29.5 Å². The van der Waals surface area contributed by atoms with Crippen molar-refractivity contribution in [1.29, 1.82) is 0 Å². The molecule has 0 spiro atoms. The van der Waals surface area contributed by atoms with Crippen LogP contribution in [-0.4, -0.2) is 38.8 Å². The van der Waals surface area contributed by atoms with Gasteiger partial charge in [-0.2, -0.15) is 15.0 Å². The van der Waals surface area contributed by atoms with Crippen molar-refractivity contribution in [3.63, 3.8) is 0 Å². The summed E-state index contributed by atoms with van der Waals surface area (Å²) in [5.74, 6) is 1.35. The Kier molecular flexibility index (Phi) is 6.37. The number of para-hydroxylation sites is 2. The number of benzene rings is 2. The van der Waals surface area contributed by atoms with E-state index in [0.717, 1.165) is 42.9 Å². The van der Waals surface area contributed by atoms with Crippen LogP contribution >= 0.6 is 0 Å². The molecule has 2 heterocycles. The average Bonchev–Trinajstić information content (AvgIpc) is 2.76. The predicted octanol–water partition coefficient (Wildman–Crippen LogP) is 3.36. The molecule has 4 N–H and O–H groups in total. The fourth-order valence-corrected chi connectivity index (χ4v) is 3.72. The summed E-state index contributed by atoms with van der Waals surface area (Å²) in [6.07, 6.45) is 1.60. The summed E-state index contributed by atoms with van der Waals surface area (Å²) >= 11 is 0. The molecule has 8 nitrogen and oxygen atoms in total. The van der Waals surface area contributed by atoms with Crippen LogP contribution in [0.2, 0.25) is 0 Å². The third-order valence-corrected chi connectivity index (χ3v) is 5.46. The van der Waals surface area contributed by atoms with Gasteiger partial charge < -0.3 is 16.4 Å². The van der Waals surface area contributed by atoms with Gasteiger partial charge in [-0.1, -0.05) is 36.4 Å². The molecule has 0 radical (unpaired) electrons. The number of hydrogen-bond donors (Lipinski definition) is 3. The molecule has 3 aromatic rings. The summed E-state index contributed by atoms with van der Waals surface area (Å²) in [5.41, 5.74) is 8.79. The van der Waals surface area contributed by atoms with Crippen molar-refractivity contribution < 1.29 is 4.79 Å². The van der Waals surface area contributed by atoms with E-state index in [1.807, 2.05) is 61.5 Å². The number of aromatic nitrogens is 3. The minimum absolute atomic E-state index is 0.0122. The van der Waals surface area contributed by atoms with Crippen molar-refractivity contribution in [3.8, 4) is 0 Å². The standard InChI is InChI=1S/C23H27N7O/c1-16-7-5-6-10-19(16)26-23-28-20(27-22(24)29-23)15-30-13-11-17(12-14-30)21(31)25-18-8-3-2-4-9-18/h2-10,17H,11-15H2,1H3,(H,25,31)(H3,24,26,27,28,29). The average molecular weight is 418 g/mol. The molecule has 1 aliphatic heterocycles. The molecule has 0 unspecified atom stereocenters. The molecule has 160 valence electrons. The number of amides is 1. The summed E-state index contributed by atoms with van der Waals surface area (Å²) in [6.45, 7) is 4.20. The topological polar surface area (TPSA) is 109 Å². The van der Waals surface area contributed by atoms with Gasteiger partial charge in [-0.25, -0.2) is 0 Å². The Morgan fingerprint density at radius 3 is 2.48 bits per heavy atom. The van der Waals surface area contributed by atoms with Crippen LogP contribution in [0.3, 0.4) is 0 Å². The Morgan fingerprint density at radius 2 is 1.74 bits per heavy atom. The van der Waals surface area contributed by atoms with E-state index < -0.39 is 0 Å². The second kappa shape index (κ2) is 9.53. The van der Waals surface area contributed by atoms with Crippen LogP contribution in [-0.2, 0) is 11.3 Å². The molecule has 1 fully saturated rings. The summed E-state index contributed by atoms with van der Waals surface area (Å²) in [5, 5.41) is 6.23. The van der Waals surface area contributed by atoms with Crippen LogP contribution in [0.15, 0.2) is 54.6 Å². The van der Waals surface area contributed by atoms with Gasteiger partial charge in [0, 0.05) is 17.3 Å². The summed E-state index contributed by atoms with van der Waals surface area (Å²) < 4.78 is 0. The molecule has 4 rings (SSSR count). The van der Waals surface area contributed by atoms with Gasteiger partial charge in [0.2, 0.25) is 17.8 Å². The van der Waals surface area contributed by atoms with Gasteiger partial charge in [-0.05, 0) is 56.6 Å². The van der Waals surface area contributed by atoms with Gasteiger partial charge in [-0.15, -0.1) is 0 Å². The number of likely N-dealkylation sites (tertiary alicyclic amines) is 1. The van der Waals surface area contributed by atoms with Crippen molar-refractivity contribution in [3.05, 3.63) is 66.0 Å². The number of hydrogen-bond acceptors (Lipinski definition) is 7. The predicted molar refractivity (Wildman–Crippen MR) is 122 cm³/mol. The number of aryl methyl sites for hydroxylation is 1. The molecule has 1 aliphatic rings. The molecule has 1 saturated heterocycles. The highest BCUT2D eigenvalue weighted by molar-refractivity contribution is 5.92. The lowest BCUT2D eigenvalue weighted by atomic mass is 9.96.